The van der Waals surface area contributed by atoms with Crippen LogP contribution in [0.5, 0.6) is 0 Å². The number of rotatable bonds is 2. The van der Waals surface area contributed by atoms with Gasteiger partial charge >= 0.3 is 5.97 Å². The topological polar surface area (TPSA) is 72.5 Å². The Morgan fingerprint density at radius 1 is 1.24 bits per heavy atom. The fraction of sp³-hybridized carbons (Fsp3) is 0.389. The highest BCUT2D eigenvalue weighted by Gasteiger charge is 2.45. The summed E-state index contributed by atoms with van der Waals surface area (Å²) >= 11 is 12.4. The molecule has 1 aromatic rings. The number of hydrogen-bond acceptors (Lipinski definition) is 4. The molecule has 1 heterocycles. The van der Waals surface area contributed by atoms with Crippen LogP contribution in [-0.2, 0) is 19.1 Å². The summed E-state index contributed by atoms with van der Waals surface area (Å²) in [6, 6.07) is 5.12. The van der Waals surface area contributed by atoms with Crippen molar-refractivity contribution in [2.75, 3.05) is 7.11 Å². The van der Waals surface area contributed by atoms with Crippen molar-refractivity contribution in [3.05, 3.63) is 45.1 Å². The van der Waals surface area contributed by atoms with Crippen LogP contribution in [0, 0.1) is 11.8 Å². The first-order valence-electron chi connectivity index (χ1n) is 7.94. The Hall–Kier alpha value is -1.85. The van der Waals surface area contributed by atoms with Gasteiger partial charge < -0.3 is 10.1 Å². The molecular weight excluding hydrogens is 365 g/mol. The van der Waals surface area contributed by atoms with Gasteiger partial charge in [0.05, 0.1) is 17.2 Å². The molecule has 132 valence electrons. The van der Waals surface area contributed by atoms with Gasteiger partial charge in [0.2, 0.25) is 5.91 Å². The van der Waals surface area contributed by atoms with Crippen molar-refractivity contribution in [2.45, 2.75) is 25.7 Å². The molecule has 0 unspecified atom stereocenters. The molecule has 25 heavy (non-hydrogen) atoms. The van der Waals surface area contributed by atoms with E-state index in [0.717, 1.165) is 0 Å². The van der Waals surface area contributed by atoms with E-state index in [9.17, 15) is 14.4 Å². The van der Waals surface area contributed by atoms with E-state index in [0.29, 0.717) is 33.3 Å². The Labute approximate surface area is 155 Å². The molecule has 3 rings (SSSR count). The van der Waals surface area contributed by atoms with E-state index in [2.05, 4.69) is 5.32 Å². The number of Topliss-reactive ketones (excluding diaryl/α,β-unsaturated/α-hetero) is 1. The zero-order valence-corrected chi connectivity index (χ0v) is 15.3. The maximum Gasteiger partial charge on any atom is 0.316 e. The van der Waals surface area contributed by atoms with Crippen molar-refractivity contribution < 1.29 is 19.1 Å². The van der Waals surface area contributed by atoms with E-state index >= 15 is 0 Å². The van der Waals surface area contributed by atoms with Crippen molar-refractivity contribution in [1.82, 2.24) is 5.32 Å². The average molecular weight is 382 g/mol. The van der Waals surface area contributed by atoms with Gasteiger partial charge in [-0.25, -0.2) is 0 Å². The van der Waals surface area contributed by atoms with Crippen LogP contribution in [0.2, 0.25) is 10.0 Å². The lowest BCUT2D eigenvalue weighted by atomic mass is 9.70. The highest BCUT2D eigenvalue weighted by Crippen LogP contribution is 2.44. The Morgan fingerprint density at radius 2 is 1.96 bits per heavy atom. The molecular formula is C18H17Cl2NO4. The minimum atomic E-state index is -0.876. The number of allylic oxidation sites excluding steroid dienone is 2. The van der Waals surface area contributed by atoms with Gasteiger partial charge in [0.25, 0.3) is 0 Å². The summed E-state index contributed by atoms with van der Waals surface area (Å²) in [7, 11) is 1.26. The smallest absolute Gasteiger partial charge is 0.316 e. The summed E-state index contributed by atoms with van der Waals surface area (Å²) < 4.78 is 4.80. The quantitative estimate of drug-likeness (QED) is 0.630. The normalized spacial score (nSPS) is 26.2. The maximum atomic E-state index is 13.1. The van der Waals surface area contributed by atoms with E-state index < -0.39 is 17.8 Å². The van der Waals surface area contributed by atoms with Crippen molar-refractivity contribution in [3.63, 3.8) is 0 Å². The standard InChI is InChI=1S/C18H17Cl2NO4/c1-8-6-12-15(17(23)14(8)18(24)25-2)10(7-13(22)21-12)9-4-3-5-11(19)16(9)20/h3-5,8,10,14H,6-7H2,1-2H3,(H,21,22)/t8-,10+,14+/m1/s1. The Balaban J connectivity index is 2.12. The molecule has 2 aliphatic rings. The van der Waals surface area contributed by atoms with Crippen molar-refractivity contribution in [3.8, 4) is 0 Å². The van der Waals surface area contributed by atoms with Crippen LogP contribution in [0.4, 0.5) is 0 Å². The molecule has 1 aliphatic carbocycles. The minimum absolute atomic E-state index is 0.0763. The first kappa shape index (κ1) is 18.0. The highest BCUT2D eigenvalue weighted by molar-refractivity contribution is 6.42. The van der Waals surface area contributed by atoms with Gasteiger partial charge in [-0.15, -0.1) is 0 Å². The third-order valence-electron chi connectivity index (χ3n) is 4.81. The van der Waals surface area contributed by atoms with Crippen LogP contribution in [0.1, 0.15) is 31.2 Å². The van der Waals surface area contributed by atoms with E-state index in [4.69, 9.17) is 27.9 Å². The number of nitrogens with one attached hydrogen (secondary N) is 1. The highest BCUT2D eigenvalue weighted by atomic mass is 35.5. The predicted octanol–water partition coefficient (Wildman–Crippen LogP) is 3.25. The van der Waals surface area contributed by atoms with Crippen LogP contribution in [0.15, 0.2) is 29.5 Å². The lowest BCUT2D eigenvalue weighted by Gasteiger charge is -2.36. The van der Waals surface area contributed by atoms with Crippen molar-refractivity contribution in [1.29, 1.82) is 0 Å². The lowest BCUT2D eigenvalue weighted by molar-refractivity contribution is -0.151. The van der Waals surface area contributed by atoms with E-state index in [1.165, 1.54) is 7.11 Å². The number of carbonyl (C=O) groups is 3. The number of benzene rings is 1. The van der Waals surface area contributed by atoms with Gasteiger partial charge in [0.1, 0.15) is 5.92 Å². The molecule has 3 atom stereocenters. The fourth-order valence-corrected chi connectivity index (χ4v) is 4.09. The molecule has 1 amide bonds. The molecule has 0 aromatic heterocycles. The van der Waals surface area contributed by atoms with Gasteiger partial charge in [-0.2, -0.15) is 0 Å². The van der Waals surface area contributed by atoms with Crippen molar-refractivity contribution in [2.24, 2.45) is 11.8 Å². The molecule has 7 heteroatoms. The molecule has 0 saturated heterocycles. The second-order valence-corrected chi connectivity index (χ2v) is 7.17. The van der Waals surface area contributed by atoms with E-state index in [1.807, 2.05) is 0 Å². The molecule has 1 N–H and O–H groups in total. The summed E-state index contributed by atoms with van der Waals surface area (Å²) in [5, 5.41) is 3.45. The number of halogens is 2. The van der Waals surface area contributed by atoms with Crippen LogP contribution >= 0.6 is 23.2 Å². The van der Waals surface area contributed by atoms with E-state index in [1.54, 1.807) is 25.1 Å². The fourth-order valence-electron chi connectivity index (χ4n) is 3.65. The summed E-state index contributed by atoms with van der Waals surface area (Å²) in [6.45, 7) is 1.80. The third-order valence-corrected chi connectivity index (χ3v) is 5.64. The predicted molar refractivity (Wildman–Crippen MR) is 93.3 cm³/mol. The second-order valence-electron chi connectivity index (χ2n) is 6.39. The maximum absolute atomic E-state index is 13.1. The zero-order chi connectivity index (χ0) is 18.3. The molecule has 1 aliphatic heterocycles. The molecule has 5 nitrogen and oxygen atoms in total. The van der Waals surface area contributed by atoms with Gasteiger partial charge in [0, 0.05) is 23.6 Å². The van der Waals surface area contributed by atoms with Gasteiger partial charge in [-0.3, -0.25) is 14.4 Å². The monoisotopic (exact) mass is 381 g/mol. The number of carbonyl (C=O) groups excluding carboxylic acids is 3. The average Bonchev–Trinajstić information content (AvgIpc) is 2.56. The first-order chi connectivity index (χ1) is 11.8. The molecule has 0 saturated carbocycles. The van der Waals surface area contributed by atoms with Crippen LogP contribution in [-0.4, -0.2) is 24.8 Å². The summed E-state index contributed by atoms with van der Waals surface area (Å²) in [4.78, 5) is 37.3. The molecule has 1 aromatic carbocycles. The second kappa shape index (κ2) is 6.81. The molecule has 0 radical (unpaired) electrons. The third kappa shape index (κ3) is 3.07. The summed E-state index contributed by atoms with van der Waals surface area (Å²) in [5.41, 5.74) is 1.61. The number of ether oxygens (including phenoxy) is 1. The molecule has 0 spiro atoms. The summed E-state index contributed by atoms with van der Waals surface area (Å²) in [5.74, 6) is -2.72. The lowest BCUT2D eigenvalue weighted by Crippen LogP contribution is -2.44. The Kier molecular flexibility index (Phi) is 4.89. The summed E-state index contributed by atoms with van der Waals surface area (Å²) in [6.07, 6.45) is 0.494. The number of esters is 1. The van der Waals surface area contributed by atoms with E-state index in [-0.39, 0.29) is 24.0 Å². The van der Waals surface area contributed by atoms with Crippen LogP contribution < -0.4 is 5.32 Å². The number of methoxy groups -OCH3 is 1. The largest absolute Gasteiger partial charge is 0.468 e. The molecule has 0 fully saturated rings. The Bertz CT molecular complexity index is 802. The first-order valence-corrected chi connectivity index (χ1v) is 8.69. The number of ketones is 1. The molecule has 0 bridgehead atoms. The van der Waals surface area contributed by atoms with Crippen LogP contribution in [0.3, 0.4) is 0 Å². The van der Waals surface area contributed by atoms with Gasteiger partial charge in [-0.1, -0.05) is 42.3 Å². The number of amides is 1. The Morgan fingerprint density at radius 3 is 2.64 bits per heavy atom. The van der Waals surface area contributed by atoms with Gasteiger partial charge in [-0.05, 0) is 24.0 Å². The van der Waals surface area contributed by atoms with Gasteiger partial charge in [0.15, 0.2) is 5.78 Å². The zero-order valence-electron chi connectivity index (χ0n) is 13.8. The minimum Gasteiger partial charge on any atom is -0.468 e. The van der Waals surface area contributed by atoms with Crippen molar-refractivity contribution >= 4 is 40.9 Å². The number of hydrogen-bond donors (Lipinski definition) is 1. The van der Waals surface area contributed by atoms with Crippen LogP contribution in [0.25, 0.3) is 0 Å². The SMILES string of the molecule is COC(=O)[C@@H]1C(=O)C2=C(C[C@H]1C)NC(=O)C[C@H]2c1cccc(Cl)c1Cl.